The van der Waals surface area contributed by atoms with Crippen LogP contribution in [0, 0.1) is 17.8 Å². The Labute approximate surface area is 222 Å². The van der Waals surface area contributed by atoms with Crippen LogP contribution in [0.4, 0.5) is 5.69 Å². The largest absolute Gasteiger partial charge is 0.494 e. The average molecular weight is 525 g/mol. The zero-order valence-corrected chi connectivity index (χ0v) is 21.7. The Morgan fingerprint density at radius 1 is 1.05 bits per heavy atom. The van der Waals surface area contributed by atoms with Crippen LogP contribution in [0.25, 0.3) is 0 Å². The lowest BCUT2D eigenvalue weighted by Gasteiger charge is -2.28. The number of rotatable bonds is 7. The average Bonchev–Trinajstić information content (AvgIpc) is 2.91. The molecule has 2 aromatic carbocycles. The van der Waals surface area contributed by atoms with Crippen molar-refractivity contribution in [2.45, 2.75) is 45.6 Å². The van der Waals surface area contributed by atoms with Crippen LogP contribution in [0.5, 0.6) is 5.75 Å². The zero-order valence-electron chi connectivity index (χ0n) is 21.7. The minimum absolute atomic E-state index is 0.0793. The maximum Gasteiger partial charge on any atom is 0.247 e. The number of carbonyl (C=O) groups excluding carboxylic acids is 4. The monoisotopic (exact) mass is 524 g/mol. The van der Waals surface area contributed by atoms with Gasteiger partial charge in [-0.05, 0) is 55.0 Å². The molecule has 0 spiro atoms. The van der Waals surface area contributed by atoms with E-state index in [1.807, 2.05) is 32.0 Å². The SMILES string of the molecule is CC(C)C[C@H]1C(=O)N[C@H](C(=O)NCC(=O)Nc2ccccc2)Cc2ccc(cc2)OCCC[C@@H]1C(=O)NO. The second-order valence-corrected chi connectivity index (χ2v) is 9.85. The van der Waals surface area contributed by atoms with Gasteiger partial charge in [0.1, 0.15) is 11.8 Å². The Kier molecular flexibility index (Phi) is 10.7. The lowest BCUT2D eigenvalue weighted by Crippen LogP contribution is -2.52. The van der Waals surface area contributed by atoms with Gasteiger partial charge in [-0.2, -0.15) is 0 Å². The molecular weight excluding hydrogens is 488 g/mol. The molecule has 10 nitrogen and oxygen atoms in total. The summed E-state index contributed by atoms with van der Waals surface area (Å²) in [5, 5.41) is 17.5. The zero-order chi connectivity index (χ0) is 27.5. The minimum Gasteiger partial charge on any atom is -0.494 e. The van der Waals surface area contributed by atoms with E-state index in [4.69, 9.17) is 4.74 Å². The number of hydroxylamine groups is 1. The molecule has 2 aliphatic rings. The third-order valence-corrected chi connectivity index (χ3v) is 6.40. The summed E-state index contributed by atoms with van der Waals surface area (Å²) in [6.07, 6.45) is 1.35. The van der Waals surface area contributed by atoms with Crippen molar-refractivity contribution in [3.8, 4) is 5.75 Å². The highest BCUT2D eigenvalue weighted by atomic mass is 16.5. The molecule has 10 heteroatoms. The quantitative estimate of drug-likeness (QED) is 0.278. The second kappa shape index (κ2) is 14.1. The van der Waals surface area contributed by atoms with Gasteiger partial charge in [0.05, 0.1) is 19.1 Å². The van der Waals surface area contributed by atoms with Crippen molar-refractivity contribution in [1.29, 1.82) is 0 Å². The molecule has 0 fully saturated rings. The molecule has 38 heavy (non-hydrogen) atoms. The fourth-order valence-corrected chi connectivity index (χ4v) is 4.52. The fourth-order valence-electron chi connectivity index (χ4n) is 4.52. The minimum atomic E-state index is -0.991. The van der Waals surface area contributed by atoms with Gasteiger partial charge in [-0.15, -0.1) is 0 Å². The van der Waals surface area contributed by atoms with Gasteiger partial charge in [0.15, 0.2) is 0 Å². The lowest BCUT2D eigenvalue weighted by atomic mass is 9.81. The Balaban J connectivity index is 1.81. The first-order chi connectivity index (χ1) is 18.3. The fraction of sp³-hybridized carbons (Fsp3) is 0.429. The summed E-state index contributed by atoms with van der Waals surface area (Å²) in [5.41, 5.74) is 3.08. The first-order valence-electron chi connectivity index (χ1n) is 12.9. The summed E-state index contributed by atoms with van der Waals surface area (Å²) < 4.78 is 5.78. The molecule has 2 heterocycles. The van der Waals surface area contributed by atoms with E-state index >= 15 is 0 Å². The number of hydrogen-bond donors (Lipinski definition) is 5. The highest BCUT2D eigenvalue weighted by Gasteiger charge is 2.36. The van der Waals surface area contributed by atoms with Crippen LogP contribution in [-0.4, -0.2) is 48.0 Å². The molecule has 5 N–H and O–H groups in total. The summed E-state index contributed by atoms with van der Waals surface area (Å²) in [7, 11) is 0. The Hall–Kier alpha value is -3.92. The van der Waals surface area contributed by atoms with Crippen LogP contribution in [0.1, 0.15) is 38.7 Å². The maximum atomic E-state index is 13.5. The van der Waals surface area contributed by atoms with Crippen LogP contribution in [0.3, 0.4) is 0 Å². The van der Waals surface area contributed by atoms with Gasteiger partial charge in [0.25, 0.3) is 0 Å². The summed E-state index contributed by atoms with van der Waals surface area (Å²) in [6.45, 7) is 3.94. The predicted octanol–water partition coefficient (Wildman–Crippen LogP) is 2.43. The third-order valence-electron chi connectivity index (χ3n) is 6.40. The van der Waals surface area contributed by atoms with Crippen molar-refractivity contribution in [2.24, 2.45) is 17.8 Å². The van der Waals surface area contributed by atoms with Crippen molar-refractivity contribution in [2.75, 3.05) is 18.5 Å². The molecule has 4 amide bonds. The number of fused-ring (bicyclic) bond motifs is 11. The van der Waals surface area contributed by atoms with Gasteiger partial charge < -0.3 is 20.7 Å². The van der Waals surface area contributed by atoms with E-state index < -0.39 is 41.5 Å². The van der Waals surface area contributed by atoms with Gasteiger partial charge in [0.2, 0.25) is 23.6 Å². The van der Waals surface area contributed by atoms with Crippen molar-refractivity contribution < 1.29 is 29.1 Å². The van der Waals surface area contributed by atoms with Gasteiger partial charge in [0, 0.05) is 18.0 Å². The van der Waals surface area contributed by atoms with Gasteiger partial charge in [-0.3, -0.25) is 24.4 Å². The summed E-state index contributed by atoms with van der Waals surface area (Å²) >= 11 is 0. The molecule has 2 aromatic rings. The number of hydrogen-bond acceptors (Lipinski definition) is 6. The van der Waals surface area contributed by atoms with E-state index in [0.29, 0.717) is 37.3 Å². The first kappa shape index (κ1) is 28.6. The molecule has 3 atom stereocenters. The Bertz CT molecular complexity index is 1090. The molecule has 0 saturated heterocycles. The first-order valence-corrected chi connectivity index (χ1v) is 12.9. The van der Waals surface area contributed by atoms with Crippen LogP contribution in [-0.2, 0) is 25.6 Å². The molecule has 2 aliphatic heterocycles. The van der Waals surface area contributed by atoms with Crippen molar-refractivity contribution >= 4 is 29.3 Å². The Morgan fingerprint density at radius 2 is 1.76 bits per heavy atom. The normalized spacial score (nSPS) is 20.0. The topological polar surface area (TPSA) is 146 Å². The van der Waals surface area contributed by atoms with Gasteiger partial charge in [-0.25, -0.2) is 5.48 Å². The number of ether oxygens (including phenoxy) is 1. The van der Waals surface area contributed by atoms with Crippen molar-refractivity contribution in [3.05, 3.63) is 60.2 Å². The molecule has 0 radical (unpaired) electrons. The third kappa shape index (κ3) is 8.58. The number of anilines is 1. The summed E-state index contributed by atoms with van der Waals surface area (Å²) in [6, 6.07) is 15.1. The number of para-hydroxylation sites is 1. The smallest absolute Gasteiger partial charge is 0.247 e. The van der Waals surface area contributed by atoms with E-state index in [2.05, 4.69) is 16.0 Å². The second-order valence-electron chi connectivity index (χ2n) is 9.85. The molecule has 0 saturated carbocycles. The molecule has 2 bridgehead atoms. The van der Waals surface area contributed by atoms with E-state index in [-0.39, 0.29) is 18.9 Å². The van der Waals surface area contributed by atoms with Gasteiger partial charge in [-0.1, -0.05) is 44.2 Å². The maximum absolute atomic E-state index is 13.5. The molecule has 0 unspecified atom stereocenters. The lowest BCUT2D eigenvalue weighted by molar-refractivity contribution is -0.142. The summed E-state index contributed by atoms with van der Waals surface area (Å²) in [5.74, 6) is -2.91. The number of carbonyl (C=O) groups is 4. The Morgan fingerprint density at radius 3 is 2.42 bits per heavy atom. The van der Waals surface area contributed by atoms with E-state index in [9.17, 15) is 24.4 Å². The molecular formula is C28H36N4O6. The van der Waals surface area contributed by atoms with Crippen LogP contribution < -0.4 is 26.2 Å². The van der Waals surface area contributed by atoms with Crippen molar-refractivity contribution in [1.82, 2.24) is 16.1 Å². The highest BCUT2D eigenvalue weighted by molar-refractivity contribution is 5.96. The standard InChI is InChI=1S/C28H36N4O6/c1-18(2)15-23-22(27(35)32-37)9-6-14-38-21-12-10-19(11-13-21)16-24(31-26(23)34)28(36)29-17-25(33)30-20-7-4-3-5-8-20/h3-5,7-8,10-13,18,22-24,37H,6,9,14-17H2,1-2H3,(H,29,36)(H,30,33)(H,31,34)(H,32,35)/t22-,23+,24-/m0/s1. The van der Waals surface area contributed by atoms with Crippen LogP contribution in [0.15, 0.2) is 54.6 Å². The van der Waals surface area contributed by atoms with E-state index in [1.54, 1.807) is 41.9 Å². The van der Waals surface area contributed by atoms with Crippen LogP contribution >= 0.6 is 0 Å². The molecule has 0 aromatic heterocycles. The van der Waals surface area contributed by atoms with Crippen molar-refractivity contribution in [3.63, 3.8) is 0 Å². The van der Waals surface area contributed by atoms with E-state index in [1.165, 1.54) is 0 Å². The molecule has 4 rings (SSSR count). The molecule has 0 aliphatic carbocycles. The van der Waals surface area contributed by atoms with Gasteiger partial charge >= 0.3 is 0 Å². The number of amides is 4. The van der Waals surface area contributed by atoms with Crippen LogP contribution in [0.2, 0.25) is 0 Å². The molecule has 204 valence electrons. The number of nitrogens with one attached hydrogen (secondary N) is 4. The highest BCUT2D eigenvalue weighted by Crippen LogP contribution is 2.27. The predicted molar refractivity (Wildman–Crippen MR) is 141 cm³/mol. The van der Waals surface area contributed by atoms with E-state index in [0.717, 1.165) is 5.56 Å². The number of benzene rings is 2. The summed E-state index contributed by atoms with van der Waals surface area (Å²) in [4.78, 5) is 51.7.